The number of carboxylic acids is 1. The summed E-state index contributed by atoms with van der Waals surface area (Å²) in [7, 11) is 0. The van der Waals surface area contributed by atoms with Gasteiger partial charge in [-0.1, -0.05) is 0 Å². The molecule has 0 spiro atoms. The van der Waals surface area contributed by atoms with Gasteiger partial charge in [0.05, 0.1) is 12.2 Å². The highest BCUT2D eigenvalue weighted by molar-refractivity contribution is 5.76. The fourth-order valence-electron chi connectivity index (χ4n) is 1.35. The molecule has 1 rings (SSSR count). The molecule has 2 amide bonds. The fraction of sp³-hybridized carbons (Fsp3) is 0.500. The van der Waals surface area contributed by atoms with Gasteiger partial charge in [0.15, 0.2) is 0 Å². The van der Waals surface area contributed by atoms with E-state index in [-0.39, 0.29) is 6.03 Å². The van der Waals surface area contributed by atoms with Gasteiger partial charge >= 0.3 is 12.0 Å². The zero-order chi connectivity index (χ0) is 13.5. The van der Waals surface area contributed by atoms with Crippen molar-refractivity contribution >= 4 is 12.0 Å². The van der Waals surface area contributed by atoms with Crippen LogP contribution in [0.4, 0.5) is 4.79 Å². The molecule has 0 fully saturated rings. The average molecular weight is 254 g/mol. The summed E-state index contributed by atoms with van der Waals surface area (Å²) in [5, 5.41) is 14.0. The van der Waals surface area contributed by atoms with Crippen molar-refractivity contribution in [3.63, 3.8) is 0 Å². The van der Waals surface area contributed by atoms with Crippen molar-refractivity contribution < 1.29 is 19.1 Å². The van der Waals surface area contributed by atoms with E-state index in [4.69, 9.17) is 9.52 Å². The van der Waals surface area contributed by atoms with Crippen LogP contribution in [0.3, 0.4) is 0 Å². The molecule has 1 aromatic heterocycles. The first-order valence-corrected chi connectivity index (χ1v) is 5.80. The molecule has 6 heteroatoms. The number of hydrogen-bond donors (Lipinski definition) is 3. The summed E-state index contributed by atoms with van der Waals surface area (Å²) in [5.74, 6) is -0.763. The lowest BCUT2D eigenvalue weighted by Gasteiger charge is -2.17. The van der Waals surface area contributed by atoms with E-state index in [1.807, 2.05) is 6.07 Å². The monoisotopic (exact) mass is 254 g/mol. The molecule has 3 N–H and O–H groups in total. The molecule has 0 aromatic carbocycles. The van der Waals surface area contributed by atoms with Crippen molar-refractivity contribution in [3.05, 3.63) is 24.2 Å². The molecule has 0 saturated carbocycles. The molecule has 0 saturated heterocycles. The average Bonchev–Trinajstić information content (AvgIpc) is 2.80. The predicted molar refractivity (Wildman–Crippen MR) is 65.2 cm³/mol. The van der Waals surface area contributed by atoms with Crippen LogP contribution in [-0.4, -0.2) is 29.7 Å². The Kier molecular flexibility index (Phi) is 5.23. The van der Waals surface area contributed by atoms with E-state index in [2.05, 4.69) is 10.6 Å². The summed E-state index contributed by atoms with van der Waals surface area (Å²) in [5.41, 5.74) is 0. The van der Waals surface area contributed by atoms with E-state index in [1.165, 1.54) is 0 Å². The van der Waals surface area contributed by atoms with Gasteiger partial charge in [0, 0.05) is 19.0 Å². The highest BCUT2D eigenvalue weighted by atomic mass is 16.4. The molecule has 0 bridgehead atoms. The Hall–Kier alpha value is -1.98. The second kappa shape index (κ2) is 6.68. The number of amides is 2. The molecule has 18 heavy (non-hydrogen) atoms. The van der Waals surface area contributed by atoms with E-state index < -0.39 is 17.9 Å². The van der Waals surface area contributed by atoms with Crippen LogP contribution in [0.15, 0.2) is 22.8 Å². The molecule has 0 aliphatic heterocycles. The zero-order valence-corrected chi connectivity index (χ0v) is 10.5. The first-order valence-electron chi connectivity index (χ1n) is 5.80. The summed E-state index contributed by atoms with van der Waals surface area (Å²) in [6, 6.07) is 2.81. The third kappa shape index (κ3) is 4.48. The summed E-state index contributed by atoms with van der Waals surface area (Å²) in [6.45, 7) is 3.65. The number of hydrogen-bond acceptors (Lipinski definition) is 3. The first-order chi connectivity index (χ1) is 8.50. The number of nitrogens with one attached hydrogen (secondary N) is 2. The standard InChI is InChI=1S/C12H18N2O4/c1-8(11(15)16)9(2)14-12(17)13-6-5-10-4-3-7-18-10/h3-4,7-9H,5-6H2,1-2H3,(H,15,16)(H2,13,14,17). The molecule has 0 aliphatic carbocycles. The Labute approximate surface area is 105 Å². The maximum Gasteiger partial charge on any atom is 0.315 e. The SMILES string of the molecule is CC(NC(=O)NCCc1ccco1)C(C)C(=O)O. The number of carbonyl (C=O) groups excluding carboxylic acids is 1. The smallest absolute Gasteiger partial charge is 0.315 e. The van der Waals surface area contributed by atoms with Gasteiger partial charge in [0.1, 0.15) is 5.76 Å². The van der Waals surface area contributed by atoms with Crippen LogP contribution in [0.5, 0.6) is 0 Å². The quantitative estimate of drug-likeness (QED) is 0.712. The minimum Gasteiger partial charge on any atom is -0.481 e. The van der Waals surface area contributed by atoms with Crippen LogP contribution in [0.1, 0.15) is 19.6 Å². The lowest BCUT2D eigenvalue weighted by atomic mass is 10.0. The van der Waals surface area contributed by atoms with Crippen molar-refractivity contribution in [2.24, 2.45) is 5.92 Å². The highest BCUT2D eigenvalue weighted by Gasteiger charge is 2.20. The maximum absolute atomic E-state index is 11.5. The summed E-state index contributed by atoms with van der Waals surface area (Å²) >= 11 is 0. The van der Waals surface area contributed by atoms with Crippen LogP contribution in [0.2, 0.25) is 0 Å². The largest absolute Gasteiger partial charge is 0.481 e. The molecular weight excluding hydrogens is 236 g/mol. The number of urea groups is 1. The van der Waals surface area contributed by atoms with Crippen LogP contribution < -0.4 is 10.6 Å². The Morgan fingerprint density at radius 3 is 2.72 bits per heavy atom. The van der Waals surface area contributed by atoms with Crippen molar-refractivity contribution in [2.75, 3.05) is 6.54 Å². The summed E-state index contributed by atoms with van der Waals surface area (Å²) < 4.78 is 5.12. The van der Waals surface area contributed by atoms with E-state index in [9.17, 15) is 9.59 Å². The second-order valence-electron chi connectivity index (χ2n) is 4.15. The van der Waals surface area contributed by atoms with Crippen molar-refractivity contribution in [2.45, 2.75) is 26.3 Å². The van der Waals surface area contributed by atoms with E-state index in [1.54, 1.807) is 26.2 Å². The van der Waals surface area contributed by atoms with Gasteiger partial charge in [-0.05, 0) is 26.0 Å². The van der Waals surface area contributed by atoms with Crippen molar-refractivity contribution in [1.82, 2.24) is 10.6 Å². The lowest BCUT2D eigenvalue weighted by Crippen LogP contribution is -2.45. The van der Waals surface area contributed by atoms with Gasteiger partial charge in [-0.15, -0.1) is 0 Å². The van der Waals surface area contributed by atoms with Gasteiger partial charge in [-0.3, -0.25) is 4.79 Å². The lowest BCUT2D eigenvalue weighted by molar-refractivity contribution is -0.141. The van der Waals surface area contributed by atoms with Crippen LogP contribution in [0, 0.1) is 5.92 Å². The molecule has 0 radical (unpaired) electrons. The molecule has 0 aliphatic rings. The molecule has 2 unspecified atom stereocenters. The third-order valence-corrected chi connectivity index (χ3v) is 2.74. The van der Waals surface area contributed by atoms with E-state index in [0.717, 1.165) is 5.76 Å². The van der Waals surface area contributed by atoms with Crippen LogP contribution in [0.25, 0.3) is 0 Å². The topological polar surface area (TPSA) is 91.6 Å². The number of carbonyl (C=O) groups is 2. The molecule has 1 heterocycles. The zero-order valence-electron chi connectivity index (χ0n) is 10.5. The van der Waals surface area contributed by atoms with Crippen molar-refractivity contribution in [1.29, 1.82) is 0 Å². The number of carboxylic acid groups (broad SMARTS) is 1. The molecule has 1 aromatic rings. The Morgan fingerprint density at radius 2 is 2.17 bits per heavy atom. The van der Waals surface area contributed by atoms with Crippen LogP contribution >= 0.6 is 0 Å². The minimum absolute atomic E-state index is 0.373. The van der Waals surface area contributed by atoms with E-state index in [0.29, 0.717) is 13.0 Å². The Morgan fingerprint density at radius 1 is 1.44 bits per heavy atom. The number of furan rings is 1. The van der Waals surface area contributed by atoms with Gasteiger partial charge in [0.2, 0.25) is 0 Å². The Balaban J connectivity index is 2.23. The summed E-state index contributed by atoms with van der Waals surface area (Å²) in [4.78, 5) is 22.2. The molecule has 6 nitrogen and oxygen atoms in total. The van der Waals surface area contributed by atoms with Crippen LogP contribution in [-0.2, 0) is 11.2 Å². The maximum atomic E-state index is 11.5. The molecular formula is C12H18N2O4. The minimum atomic E-state index is -0.932. The predicted octanol–water partition coefficient (Wildman–Crippen LogP) is 1.23. The van der Waals surface area contributed by atoms with Gasteiger partial charge < -0.3 is 20.2 Å². The number of rotatable bonds is 6. The fourth-order valence-corrected chi connectivity index (χ4v) is 1.35. The van der Waals surface area contributed by atoms with Gasteiger partial charge in [-0.25, -0.2) is 4.79 Å². The first kappa shape index (κ1) is 14.1. The second-order valence-corrected chi connectivity index (χ2v) is 4.15. The highest BCUT2D eigenvalue weighted by Crippen LogP contribution is 2.02. The normalized spacial score (nSPS) is 13.7. The molecule has 2 atom stereocenters. The third-order valence-electron chi connectivity index (χ3n) is 2.74. The van der Waals surface area contributed by atoms with Crippen molar-refractivity contribution in [3.8, 4) is 0 Å². The summed E-state index contributed by atoms with van der Waals surface area (Å²) in [6.07, 6.45) is 2.18. The number of aliphatic carboxylic acids is 1. The van der Waals surface area contributed by atoms with Gasteiger partial charge in [-0.2, -0.15) is 0 Å². The Bertz CT molecular complexity index is 389. The van der Waals surface area contributed by atoms with E-state index >= 15 is 0 Å². The molecule has 100 valence electrons. The van der Waals surface area contributed by atoms with Gasteiger partial charge in [0.25, 0.3) is 0 Å².